The SMILES string of the molecule is Cl.Cl.NCCc1nc(C(=O)NC2CCc3cccnc32)cs1. The van der Waals surface area contributed by atoms with E-state index >= 15 is 0 Å². The van der Waals surface area contributed by atoms with Crippen molar-refractivity contribution >= 4 is 42.1 Å². The molecule has 0 saturated heterocycles. The van der Waals surface area contributed by atoms with Crippen molar-refractivity contribution in [3.8, 4) is 0 Å². The van der Waals surface area contributed by atoms with Crippen molar-refractivity contribution in [1.29, 1.82) is 0 Å². The Bertz CT molecular complexity index is 635. The molecular formula is C14H18Cl2N4OS. The number of carbonyl (C=O) groups excluding carboxylic acids is 1. The van der Waals surface area contributed by atoms with E-state index in [1.165, 1.54) is 16.9 Å². The standard InChI is InChI=1S/C14H16N4OS.2ClH/c15-6-5-12-17-11(8-20-12)14(19)18-10-4-3-9-2-1-7-16-13(9)10;;/h1-2,7-8,10H,3-6,15H2,(H,18,19);2*1H. The summed E-state index contributed by atoms with van der Waals surface area (Å²) in [6, 6.07) is 4.00. The minimum atomic E-state index is -0.131. The van der Waals surface area contributed by atoms with Crippen LogP contribution in [-0.2, 0) is 12.8 Å². The number of halogens is 2. The summed E-state index contributed by atoms with van der Waals surface area (Å²) in [6.07, 6.45) is 4.35. The molecule has 2 aromatic rings. The summed E-state index contributed by atoms with van der Waals surface area (Å²) < 4.78 is 0. The van der Waals surface area contributed by atoms with Gasteiger partial charge in [0.15, 0.2) is 0 Å². The average molecular weight is 361 g/mol. The Kier molecular flexibility index (Phi) is 7.22. The molecule has 1 amide bonds. The van der Waals surface area contributed by atoms with Crippen LogP contribution in [-0.4, -0.2) is 22.4 Å². The minimum absolute atomic E-state index is 0. The number of rotatable bonds is 4. The van der Waals surface area contributed by atoms with Gasteiger partial charge < -0.3 is 11.1 Å². The van der Waals surface area contributed by atoms with Crippen molar-refractivity contribution in [2.45, 2.75) is 25.3 Å². The maximum Gasteiger partial charge on any atom is 0.271 e. The third-order valence-corrected chi connectivity index (χ3v) is 4.32. The number of hydrogen-bond donors (Lipinski definition) is 2. The van der Waals surface area contributed by atoms with Gasteiger partial charge in [0.25, 0.3) is 5.91 Å². The molecule has 1 aliphatic carbocycles. The summed E-state index contributed by atoms with van der Waals surface area (Å²) >= 11 is 1.48. The van der Waals surface area contributed by atoms with Crippen LogP contribution < -0.4 is 11.1 Å². The van der Waals surface area contributed by atoms with Crippen molar-refractivity contribution < 1.29 is 4.79 Å². The molecule has 8 heteroatoms. The lowest BCUT2D eigenvalue weighted by Gasteiger charge is -2.11. The van der Waals surface area contributed by atoms with E-state index in [1.54, 1.807) is 11.6 Å². The van der Waals surface area contributed by atoms with Gasteiger partial charge in [0, 0.05) is 18.0 Å². The molecule has 120 valence electrons. The van der Waals surface area contributed by atoms with Crippen LogP contribution in [0, 0.1) is 0 Å². The fourth-order valence-corrected chi connectivity index (χ4v) is 3.23. The zero-order valence-corrected chi connectivity index (χ0v) is 14.3. The number of aromatic nitrogens is 2. The number of hydrogen-bond acceptors (Lipinski definition) is 5. The zero-order valence-electron chi connectivity index (χ0n) is 11.8. The van der Waals surface area contributed by atoms with Crippen LogP contribution in [0.4, 0.5) is 0 Å². The molecule has 3 rings (SSSR count). The van der Waals surface area contributed by atoms with Crippen molar-refractivity contribution in [3.63, 3.8) is 0 Å². The van der Waals surface area contributed by atoms with Gasteiger partial charge in [0.1, 0.15) is 5.69 Å². The number of nitrogens with one attached hydrogen (secondary N) is 1. The summed E-state index contributed by atoms with van der Waals surface area (Å²) in [5.41, 5.74) is 8.17. The maximum atomic E-state index is 12.2. The van der Waals surface area contributed by atoms with Gasteiger partial charge in [-0.05, 0) is 31.0 Å². The first-order valence-electron chi connectivity index (χ1n) is 6.67. The Morgan fingerprint density at radius 1 is 1.45 bits per heavy atom. The number of aryl methyl sites for hydroxylation is 1. The molecule has 0 aromatic carbocycles. The topological polar surface area (TPSA) is 80.9 Å². The number of carbonyl (C=O) groups is 1. The van der Waals surface area contributed by atoms with E-state index in [-0.39, 0.29) is 36.8 Å². The Balaban J connectivity index is 0.00000121. The van der Waals surface area contributed by atoms with Crippen LogP contribution >= 0.6 is 36.2 Å². The summed E-state index contributed by atoms with van der Waals surface area (Å²) in [7, 11) is 0. The van der Waals surface area contributed by atoms with Gasteiger partial charge in [-0.3, -0.25) is 9.78 Å². The molecule has 0 saturated carbocycles. The summed E-state index contributed by atoms with van der Waals surface area (Å²) in [5, 5.41) is 5.71. The quantitative estimate of drug-likeness (QED) is 0.876. The van der Waals surface area contributed by atoms with E-state index in [9.17, 15) is 4.79 Å². The predicted molar refractivity (Wildman–Crippen MR) is 92.1 cm³/mol. The van der Waals surface area contributed by atoms with Crippen LogP contribution in [0.5, 0.6) is 0 Å². The summed E-state index contributed by atoms with van der Waals surface area (Å²) in [6.45, 7) is 0.550. The van der Waals surface area contributed by atoms with E-state index in [4.69, 9.17) is 5.73 Å². The number of pyridine rings is 1. The highest BCUT2D eigenvalue weighted by Gasteiger charge is 2.25. The second kappa shape index (κ2) is 8.43. The first-order chi connectivity index (χ1) is 9.78. The highest BCUT2D eigenvalue weighted by molar-refractivity contribution is 7.09. The average Bonchev–Trinajstić information content (AvgIpc) is 3.07. The Labute approximate surface area is 145 Å². The molecule has 0 spiro atoms. The van der Waals surface area contributed by atoms with Crippen LogP contribution in [0.15, 0.2) is 23.7 Å². The van der Waals surface area contributed by atoms with Crippen LogP contribution in [0.2, 0.25) is 0 Å². The van der Waals surface area contributed by atoms with Gasteiger partial charge in [-0.1, -0.05) is 6.07 Å². The van der Waals surface area contributed by atoms with Gasteiger partial charge in [-0.15, -0.1) is 36.2 Å². The lowest BCUT2D eigenvalue weighted by molar-refractivity contribution is 0.0931. The molecule has 0 bridgehead atoms. The second-order valence-electron chi connectivity index (χ2n) is 4.78. The van der Waals surface area contributed by atoms with Gasteiger partial charge in [0.2, 0.25) is 0 Å². The molecule has 1 aliphatic rings. The largest absolute Gasteiger partial charge is 0.342 e. The van der Waals surface area contributed by atoms with Crippen LogP contribution in [0.1, 0.15) is 39.2 Å². The van der Waals surface area contributed by atoms with Gasteiger partial charge in [-0.25, -0.2) is 4.98 Å². The fourth-order valence-electron chi connectivity index (χ4n) is 2.44. The Hall–Kier alpha value is -1.21. The first kappa shape index (κ1) is 18.8. The highest BCUT2D eigenvalue weighted by Crippen LogP contribution is 2.29. The predicted octanol–water partition coefficient (Wildman–Crippen LogP) is 2.30. The lowest BCUT2D eigenvalue weighted by Crippen LogP contribution is -2.27. The van der Waals surface area contributed by atoms with E-state index in [0.29, 0.717) is 18.7 Å². The van der Waals surface area contributed by atoms with E-state index in [2.05, 4.69) is 21.4 Å². The van der Waals surface area contributed by atoms with E-state index < -0.39 is 0 Å². The van der Waals surface area contributed by atoms with Crippen molar-refractivity contribution in [2.75, 3.05) is 6.54 Å². The monoisotopic (exact) mass is 360 g/mol. The molecule has 0 aliphatic heterocycles. The number of fused-ring (bicyclic) bond motifs is 1. The number of thiazole rings is 1. The molecule has 2 heterocycles. The highest BCUT2D eigenvalue weighted by atomic mass is 35.5. The Morgan fingerprint density at radius 3 is 3.05 bits per heavy atom. The summed E-state index contributed by atoms with van der Waals surface area (Å²) in [5.74, 6) is -0.131. The normalized spacial score (nSPS) is 15.4. The third kappa shape index (κ3) is 3.95. The minimum Gasteiger partial charge on any atom is -0.342 e. The first-order valence-corrected chi connectivity index (χ1v) is 7.55. The maximum absolute atomic E-state index is 12.2. The number of amides is 1. The zero-order chi connectivity index (χ0) is 13.9. The van der Waals surface area contributed by atoms with Crippen molar-refractivity contribution in [3.05, 3.63) is 45.7 Å². The smallest absolute Gasteiger partial charge is 0.271 e. The fraction of sp³-hybridized carbons (Fsp3) is 0.357. The van der Waals surface area contributed by atoms with Gasteiger partial charge in [0.05, 0.1) is 16.7 Å². The third-order valence-electron chi connectivity index (χ3n) is 3.41. The molecule has 0 fully saturated rings. The number of nitrogens with zero attached hydrogens (tertiary/aromatic N) is 2. The van der Waals surface area contributed by atoms with Crippen molar-refractivity contribution in [1.82, 2.24) is 15.3 Å². The lowest BCUT2D eigenvalue weighted by atomic mass is 10.2. The van der Waals surface area contributed by atoms with Crippen molar-refractivity contribution in [2.24, 2.45) is 5.73 Å². The van der Waals surface area contributed by atoms with E-state index in [0.717, 1.165) is 23.5 Å². The molecule has 2 aromatic heterocycles. The second-order valence-corrected chi connectivity index (χ2v) is 5.72. The molecule has 22 heavy (non-hydrogen) atoms. The molecule has 5 nitrogen and oxygen atoms in total. The molecule has 1 unspecified atom stereocenters. The Morgan fingerprint density at radius 2 is 2.27 bits per heavy atom. The van der Waals surface area contributed by atoms with E-state index in [1.807, 2.05) is 6.07 Å². The van der Waals surface area contributed by atoms with Crippen LogP contribution in [0.3, 0.4) is 0 Å². The molecule has 0 radical (unpaired) electrons. The number of nitrogens with two attached hydrogens (primary N) is 1. The van der Waals surface area contributed by atoms with Crippen LogP contribution in [0.25, 0.3) is 0 Å². The van der Waals surface area contributed by atoms with Gasteiger partial charge >= 0.3 is 0 Å². The van der Waals surface area contributed by atoms with Gasteiger partial charge in [-0.2, -0.15) is 0 Å². The summed E-state index contributed by atoms with van der Waals surface area (Å²) in [4.78, 5) is 20.9. The molecule has 3 N–H and O–H groups in total. The molecule has 1 atom stereocenters. The molecular weight excluding hydrogens is 343 g/mol.